The first-order valence-corrected chi connectivity index (χ1v) is 8.13. The molecule has 3 rings (SSSR count). The van der Waals surface area contributed by atoms with Crippen molar-refractivity contribution in [3.8, 4) is 17.2 Å². The number of aromatic nitrogens is 2. The van der Waals surface area contributed by atoms with Crippen LogP contribution in [0.2, 0.25) is 0 Å². The number of hydrogen-bond acceptors (Lipinski definition) is 6. The Morgan fingerprint density at radius 2 is 1.96 bits per heavy atom. The molecule has 8 heteroatoms. The van der Waals surface area contributed by atoms with E-state index in [2.05, 4.69) is 9.97 Å². The SMILES string of the molecule is COc1ccc(CCc2nc(C(=O)O)c(O)c3cc[nH]c(=O)c23)c(OC)c1. The molecule has 0 fully saturated rings. The zero-order chi connectivity index (χ0) is 19.6. The highest BCUT2D eigenvalue weighted by molar-refractivity contribution is 5.98. The summed E-state index contributed by atoms with van der Waals surface area (Å²) in [5.74, 6) is -0.620. The van der Waals surface area contributed by atoms with Gasteiger partial charge in [0.15, 0.2) is 11.4 Å². The summed E-state index contributed by atoms with van der Waals surface area (Å²) in [6, 6.07) is 6.82. The summed E-state index contributed by atoms with van der Waals surface area (Å²) in [5, 5.41) is 19.8. The van der Waals surface area contributed by atoms with Crippen LogP contribution in [0.3, 0.4) is 0 Å². The Morgan fingerprint density at radius 3 is 2.63 bits per heavy atom. The van der Waals surface area contributed by atoms with E-state index in [0.717, 1.165) is 5.56 Å². The minimum absolute atomic E-state index is 0.155. The summed E-state index contributed by atoms with van der Waals surface area (Å²) in [6.07, 6.45) is 2.09. The summed E-state index contributed by atoms with van der Waals surface area (Å²) in [4.78, 5) is 30.2. The number of ether oxygens (including phenoxy) is 2. The number of rotatable bonds is 6. The van der Waals surface area contributed by atoms with E-state index in [1.807, 2.05) is 6.07 Å². The quantitative estimate of drug-likeness (QED) is 0.607. The van der Waals surface area contributed by atoms with E-state index < -0.39 is 23.0 Å². The molecule has 0 saturated carbocycles. The molecule has 2 aromatic heterocycles. The maximum atomic E-state index is 12.3. The Bertz CT molecular complexity index is 1070. The highest BCUT2D eigenvalue weighted by atomic mass is 16.5. The van der Waals surface area contributed by atoms with Gasteiger partial charge in [-0.1, -0.05) is 6.07 Å². The van der Waals surface area contributed by atoms with Gasteiger partial charge in [-0.2, -0.15) is 0 Å². The molecule has 0 saturated heterocycles. The molecule has 0 radical (unpaired) electrons. The molecule has 27 heavy (non-hydrogen) atoms. The van der Waals surface area contributed by atoms with Crippen molar-refractivity contribution in [3.05, 3.63) is 57.8 Å². The highest BCUT2D eigenvalue weighted by Crippen LogP contribution is 2.29. The van der Waals surface area contributed by atoms with Crippen molar-refractivity contribution in [1.29, 1.82) is 0 Å². The van der Waals surface area contributed by atoms with Gasteiger partial charge in [0, 0.05) is 17.6 Å². The predicted molar refractivity (Wildman–Crippen MR) is 97.9 cm³/mol. The maximum absolute atomic E-state index is 12.3. The number of carboxylic acid groups (broad SMARTS) is 1. The van der Waals surface area contributed by atoms with E-state index in [1.165, 1.54) is 12.3 Å². The molecule has 3 aromatic rings. The van der Waals surface area contributed by atoms with Crippen LogP contribution < -0.4 is 15.0 Å². The summed E-state index contributed by atoms with van der Waals surface area (Å²) in [5.41, 5.74) is 0.221. The molecule has 0 unspecified atom stereocenters. The Hall–Kier alpha value is -3.55. The van der Waals surface area contributed by atoms with Crippen molar-refractivity contribution in [2.24, 2.45) is 0 Å². The van der Waals surface area contributed by atoms with E-state index in [-0.39, 0.29) is 17.2 Å². The topological polar surface area (TPSA) is 122 Å². The van der Waals surface area contributed by atoms with E-state index in [9.17, 15) is 19.8 Å². The number of nitrogens with one attached hydrogen (secondary N) is 1. The number of aryl methyl sites for hydroxylation is 2. The zero-order valence-electron chi connectivity index (χ0n) is 14.8. The number of pyridine rings is 2. The number of aromatic amines is 1. The second-order valence-corrected chi connectivity index (χ2v) is 5.83. The van der Waals surface area contributed by atoms with E-state index in [4.69, 9.17) is 9.47 Å². The maximum Gasteiger partial charge on any atom is 0.358 e. The predicted octanol–water partition coefficient (Wildman–Crippen LogP) is 2.13. The number of aromatic carboxylic acids is 1. The zero-order valence-corrected chi connectivity index (χ0v) is 14.8. The van der Waals surface area contributed by atoms with Gasteiger partial charge >= 0.3 is 5.97 Å². The highest BCUT2D eigenvalue weighted by Gasteiger charge is 2.20. The summed E-state index contributed by atoms with van der Waals surface area (Å²) < 4.78 is 10.5. The monoisotopic (exact) mass is 370 g/mol. The van der Waals surface area contributed by atoms with E-state index in [0.29, 0.717) is 23.6 Å². The molecule has 0 bridgehead atoms. The first kappa shape index (κ1) is 18.2. The van der Waals surface area contributed by atoms with Gasteiger partial charge in [0.25, 0.3) is 5.56 Å². The Kier molecular flexibility index (Phi) is 4.98. The second kappa shape index (κ2) is 7.36. The number of benzene rings is 1. The average Bonchev–Trinajstić information content (AvgIpc) is 2.67. The molecule has 0 aliphatic carbocycles. The lowest BCUT2D eigenvalue weighted by atomic mass is 10.0. The number of carboxylic acids is 1. The van der Waals surface area contributed by atoms with Crippen molar-refractivity contribution < 1.29 is 24.5 Å². The van der Waals surface area contributed by atoms with Crippen LogP contribution in [0.25, 0.3) is 10.8 Å². The number of methoxy groups -OCH3 is 2. The van der Waals surface area contributed by atoms with Crippen LogP contribution in [0.4, 0.5) is 0 Å². The van der Waals surface area contributed by atoms with Crippen LogP contribution in [-0.2, 0) is 12.8 Å². The van der Waals surface area contributed by atoms with Crippen LogP contribution in [0.5, 0.6) is 17.2 Å². The minimum Gasteiger partial charge on any atom is -0.505 e. The molecule has 140 valence electrons. The first-order chi connectivity index (χ1) is 13.0. The summed E-state index contributed by atoms with van der Waals surface area (Å²) in [7, 11) is 3.10. The Morgan fingerprint density at radius 1 is 1.19 bits per heavy atom. The van der Waals surface area contributed by atoms with Crippen LogP contribution in [0.15, 0.2) is 35.3 Å². The van der Waals surface area contributed by atoms with Gasteiger partial charge in [0.2, 0.25) is 0 Å². The number of H-pyrrole nitrogens is 1. The van der Waals surface area contributed by atoms with Crippen molar-refractivity contribution in [3.63, 3.8) is 0 Å². The molecule has 0 aliphatic heterocycles. The molecular weight excluding hydrogens is 352 g/mol. The van der Waals surface area contributed by atoms with E-state index >= 15 is 0 Å². The van der Waals surface area contributed by atoms with Gasteiger partial charge in [-0.15, -0.1) is 0 Å². The fourth-order valence-corrected chi connectivity index (χ4v) is 2.98. The minimum atomic E-state index is -1.36. The Balaban J connectivity index is 2.06. The lowest BCUT2D eigenvalue weighted by Gasteiger charge is -2.12. The van der Waals surface area contributed by atoms with Crippen molar-refractivity contribution in [1.82, 2.24) is 9.97 Å². The molecule has 1 aromatic carbocycles. The number of carbonyl (C=O) groups is 1. The molecular formula is C19H18N2O6. The molecule has 0 aliphatic rings. The number of nitrogens with zero attached hydrogens (tertiary/aromatic N) is 1. The first-order valence-electron chi connectivity index (χ1n) is 8.13. The third kappa shape index (κ3) is 3.41. The van der Waals surface area contributed by atoms with E-state index in [1.54, 1.807) is 26.4 Å². The number of fused-ring (bicyclic) bond motifs is 1. The lowest BCUT2D eigenvalue weighted by molar-refractivity contribution is 0.0687. The third-order valence-electron chi connectivity index (χ3n) is 4.30. The summed E-state index contributed by atoms with van der Waals surface area (Å²) in [6.45, 7) is 0. The van der Waals surface area contributed by atoms with Crippen molar-refractivity contribution >= 4 is 16.7 Å². The van der Waals surface area contributed by atoms with Crippen LogP contribution >= 0.6 is 0 Å². The molecule has 0 amide bonds. The van der Waals surface area contributed by atoms with Gasteiger partial charge in [0.05, 0.1) is 25.3 Å². The van der Waals surface area contributed by atoms with Gasteiger partial charge in [0.1, 0.15) is 11.5 Å². The van der Waals surface area contributed by atoms with Gasteiger partial charge < -0.3 is 24.7 Å². The van der Waals surface area contributed by atoms with Crippen LogP contribution in [-0.4, -0.2) is 40.4 Å². The van der Waals surface area contributed by atoms with Gasteiger partial charge in [-0.05, 0) is 30.5 Å². The largest absolute Gasteiger partial charge is 0.505 e. The lowest BCUT2D eigenvalue weighted by Crippen LogP contribution is -2.13. The third-order valence-corrected chi connectivity index (χ3v) is 4.30. The number of hydrogen-bond donors (Lipinski definition) is 3. The Labute approximate surface area is 154 Å². The molecule has 2 heterocycles. The number of aromatic hydroxyl groups is 1. The normalized spacial score (nSPS) is 10.7. The molecule has 8 nitrogen and oxygen atoms in total. The van der Waals surface area contributed by atoms with Crippen LogP contribution in [0, 0.1) is 0 Å². The second-order valence-electron chi connectivity index (χ2n) is 5.83. The fourth-order valence-electron chi connectivity index (χ4n) is 2.98. The fraction of sp³-hybridized carbons (Fsp3) is 0.211. The smallest absolute Gasteiger partial charge is 0.358 e. The van der Waals surface area contributed by atoms with Crippen molar-refractivity contribution in [2.75, 3.05) is 14.2 Å². The molecule has 0 spiro atoms. The van der Waals surface area contributed by atoms with Gasteiger partial charge in [-0.25, -0.2) is 9.78 Å². The van der Waals surface area contributed by atoms with Crippen molar-refractivity contribution in [2.45, 2.75) is 12.8 Å². The average molecular weight is 370 g/mol. The van der Waals surface area contributed by atoms with Gasteiger partial charge in [-0.3, -0.25) is 4.79 Å². The standard InChI is InChI=1S/C19H18N2O6/c1-26-11-5-3-10(14(9-11)27-2)4-6-13-15-12(7-8-20-18(15)23)17(22)16(21-13)19(24)25/h3,5,7-9,22H,4,6H2,1-2H3,(H,20,23)(H,24,25). The molecule has 0 atom stereocenters. The molecule has 3 N–H and O–H groups in total. The van der Waals surface area contributed by atoms with Crippen LogP contribution in [0.1, 0.15) is 21.7 Å². The summed E-state index contributed by atoms with van der Waals surface area (Å²) >= 11 is 0.